The molecule has 0 aromatic carbocycles. The summed E-state index contributed by atoms with van der Waals surface area (Å²) in [5.74, 6) is 0.429. The molecule has 2 unspecified atom stereocenters. The minimum absolute atomic E-state index is 0.00965. The zero-order valence-electron chi connectivity index (χ0n) is 17.6. The highest BCUT2D eigenvalue weighted by Gasteiger charge is 2.34. The van der Waals surface area contributed by atoms with Crippen LogP contribution in [0.2, 0.25) is 0 Å². The molecule has 1 aliphatic heterocycles. The molecule has 2 aromatic heterocycles. The van der Waals surface area contributed by atoms with Gasteiger partial charge in [-0.05, 0) is 37.5 Å². The molecule has 2 aromatic rings. The number of carbonyl (C=O) groups excluding carboxylic acids is 1. The molecule has 4 rings (SSSR count). The van der Waals surface area contributed by atoms with Crippen LogP contribution in [0.1, 0.15) is 56.8 Å². The zero-order chi connectivity index (χ0) is 21.0. The number of amides is 1. The van der Waals surface area contributed by atoms with Gasteiger partial charge >= 0.3 is 0 Å². The third-order valence-corrected chi connectivity index (χ3v) is 5.62. The van der Waals surface area contributed by atoms with Crippen molar-refractivity contribution in [2.45, 2.75) is 58.1 Å². The molecule has 2 aliphatic rings. The fourth-order valence-electron chi connectivity index (χ4n) is 4.17. The van der Waals surface area contributed by atoms with Crippen LogP contribution in [0.4, 0.5) is 0 Å². The summed E-state index contributed by atoms with van der Waals surface area (Å²) in [4.78, 5) is 30.1. The first-order valence-corrected chi connectivity index (χ1v) is 10.6. The quantitative estimate of drug-likeness (QED) is 0.780. The van der Waals surface area contributed by atoms with E-state index in [1.165, 1.54) is 0 Å². The van der Waals surface area contributed by atoms with Gasteiger partial charge < -0.3 is 14.8 Å². The van der Waals surface area contributed by atoms with Gasteiger partial charge in [-0.15, -0.1) is 0 Å². The van der Waals surface area contributed by atoms with E-state index in [9.17, 15) is 4.79 Å². The Bertz CT molecular complexity index is 868. The summed E-state index contributed by atoms with van der Waals surface area (Å²) in [7, 11) is 0. The first-order valence-electron chi connectivity index (χ1n) is 10.6. The van der Waals surface area contributed by atoms with Gasteiger partial charge in [0.2, 0.25) is 5.91 Å². The summed E-state index contributed by atoms with van der Waals surface area (Å²) < 4.78 is 11.3. The predicted molar refractivity (Wildman–Crippen MR) is 110 cm³/mol. The van der Waals surface area contributed by atoms with Crippen molar-refractivity contribution < 1.29 is 14.3 Å². The fourth-order valence-corrected chi connectivity index (χ4v) is 4.17. The molecule has 1 fully saturated rings. The van der Waals surface area contributed by atoms with E-state index >= 15 is 0 Å². The molecule has 8 heteroatoms. The van der Waals surface area contributed by atoms with Gasteiger partial charge in [-0.3, -0.25) is 9.78 Å². The molecular formula is C22H29N5O3. The van der Waals surface area contributed by atoms with Crippen LogP contribution in [0.3, 0.4) is 0 Å². The molecular weight excluding hydrogens is 382 g/mol. The van der Waals surface area contributed by atoms with Crippen LogP contribution in [0.15, 0.2) is 24.8 Å². The molecule has 3 heterocycles. The van der Waals surface area contributed by atoms with Gasteiger partial charge in [0.1, 0.15) is 12.3 Å². The Morgan fingerprint density at radius 2 is 2.17 bits per heavy atom. The summed E-state index contributed by atoms with van der Waals surface area (Å²) in [6, 6.07) is -0.137. The number of ether oxygens (including phenoxy) is 2. The predicted octanol–water partition coefficient (Wildman–Crippen LogP) is 2.65. The number of nitrogens with zero attached hydrogens (tertiary/aromatic N) is 4. The minimum atomic E-state index is -0.137. The van der Waals surface area contributed by atoms with Crippen molar-refractivity contribution in [1.29, 1.82) is 0 Å². The van der Waals surface area contributed by atoms with Gasteiger partial charge in [0.15, 0.2) is 5.82 Å². The van der Waals surface area contributed by atoms with E-state index in [2.05, 4.69) is 34.1 Å². The second kappa shape index (κ2) is 9.14. The Hall–Kier alpha value is -2.45. The topological polar surface area (TPSA) is 99.1 Å². The van der Waals surface area contributed by atoms with Crippen molar-refractivity contribution in [2.75, 3.05) is 19.8 Å². The average molecular weight is 412 g/mol. The van der Waals surface area contributed by atoms with Crippen molar-refractivity contribution in [3.8, 4) is 11.5 Å². The number of aromatic nitrogens is 4. The van der Waals surface area contributed by atoms with E-state index < -0.39 is 0 Å². The Morgan fingerprint density at radius 1 is 1.27 bits per heavy atom. The van der Waals surface area contributed by atoms with E-state index in [-0.39, 0.29) is 30.1 Å². The Kier molecular flexibility index (Phi) is 6.34. The van der Waals surface area contributed by atoms with Crippen molar-refractivity contribution in [1.82, 2.24) is 25.3 Å². The zero-order valence-corrected chi connectivity index (χ0v) is 17.6. The van der Waals surface area contributed by atoms with Crippen LogP contribution in [-0.2, 0) is 20.7 Å². The van der Waals surface area contributed by atoms with E-state index in [4.69, 9.17) is 14.5 Å². The van der Waals surface area contributed by atoms with Gasteiger partial charge in [0.05, 0.1) is 30.6 Å². The molecule has 0 spiro atoms. The third-order valence-electron chi connectivity index (χ3n) is 5.62. The monoisotopic (exact) mass is 411 g/mol. The molecule has 1 amide bonds. The highest BCUT2D eigenvalue weighted by atomic mass is 16.5. The summed E-state index contributed by atoms with van der Waals surface area (Å²) in [5.41, 5.74) is 2.56. The van der Waals surface area contributed by atoms with Crippen molar-refractivity contribution in [2.24, 2.45) is 5.41 Å². The summed E-state index contributed by atoms with van der Waals surface area (Å²) in [6.45, 7) is 5.66. The van der Waals surface area contributed by atoms with Crippen LogP contribution in [0.25, 0.3) is 11.5 Å². The van der Waals surface area contributed by atoms with Crippen molar-refractivity contribution in [3.05, 3.63) is 36.0 Å². The maximum atomic E-state index is 12.5. The number of fused-ring (bicyclic) bond motifs is 1. The van der Waals surface area contributed by atoms with Gasteiger partial charge in [0, 0.05) is 30.8 Å². The minimum Gasteiger partial charge on any atom is -0.376 e. The molecule has 8 nitrogen and oxygen atoms in total. The van der Waals surface area contributed by atoms with E-state index in [0.29, 0.717) is 18.1 Å². The molecule has 1 saturated heterocycles. The molecule has 30 heavy (non-hydrogen) atoms. The number of nitrogens with one attached hydrogen (secondary N) is 1. The molecule has 0 saturated carbocycles. The highest BCUT2D eigenvalue weighted by Crippen LogP contribution is 2.40. The molecule has 2 atom stereocenters. The molecule has 1 aliphatic carbocycles. The van der Waals surface area contributed by atoms with Gasteiger partial charge in [0.25, 0.3) is 0 Å². The maximum absolute atomic E-state index is 12.5. The fraction of sp³-hybridized carbons (Fsp3) is 0.591. The van der Waals surface area contributed by atoms with Gasteiger partial charge in [-0.25, -0.2) is 15.0 Å². The maximum Gasteiger partial charge on any atom is 0.246 e. The lowest BCUT2D eigenvalue weighted by Gasteiger charge is -2.36. The summed E-state index contributed by atoms with van der Waals surface area (Å²) >= 11 is 0. The Morgan fingerprint density at radius 3 is 2.93 bits per heavy atom. The Labute approximate surface area is 176 Å². The van der Waals surface area contributed by atoms with Gasteiger partial charge in [-0.1, -0.05) is 13.8 Å². The largest absolute Gasteiger partial charge is 0.376 e. The molecule has 0 bridgehead atoms. The van der Waals surface area contributed by atoms with Crippen LogP contribution >= 0.6 is 0 Å². The smallest absolute Gasteiger partial charge is 0.246 e. The van der Waals surface area contributed by atoms with E-state index in [0.717, 1.165) is 50.0 Å². The average Bonchev–Trinajstić information content (AvgIpc) is 2.74. The number of hydrogen-bond acceptors (Lipinski definition) is 7. The first kappa shape index (κ1) is 20.8. The standard InChI is InChI=1S/C22H29N5O3/c1-22(2)9-17(26-20(28)14-29-13-15-5-3-4-8-30-15)16-11-25-21(27-18(16)10-22)19-12-23-6-7-24-19/h6-7,11-12,15,17H,3-5,8-10,13-14H2,1-2H3,(H,26,28). The normalized spacial score (nSPS) is 22.9. The highest BCUT2D eigenvalue weighted by molar-refractivity contribution is 5.77. The first-order chi connectivity index (χ1) is 14.5. The van der Waals surface area contributed by atoms with Gasteiger partial charge in [-0.2, -0.15) is 0 Å². The van der Waals surface area contributed by atoms with Crippen LogP contribution in [-0.4, -0.2) is 51.8 Å². The lowest BCUT2D eigenvalue weighted by Crippen LogP contribution is -2.39. The molecule has 1 N–H and O–H groups in total. The summed E-state index contributed by atoms with van der Waals surface area (Å²) in [6.07, 6.45) is 11.7. The van der Waals surface area contributed by atoms with Crippen molar-refractivity contribution >= 4 is 5.91 Å². The van der Waals surface area contributed by atoms with Crippen LogP contribution in [0, 0.1) is 5.41 Å². The number of rotatable bonds is 6. The second-order valence-corrected chi connectivity index (χ2v) is 8.86. The number of hydrogen-bond donors (Lipinski definition) is 1. The van der Waals surface area contributed by atoms with Crippen molar-refractivity contribution in [3.63, 3.8) is 0 Å². The van der Waals surface area contributed by atoms with Crippen LogP contribution < -0.4 is 5.32 Å². The lowest BCUT2D eigenvalue weighted by atomic mass is 9.74. The second-order valence-electron chi connectivity index (χ2n) is 8.86. The van der Waals surface area contributed by atoms with E-state index in [1.807, 2.05) is 6.20 Å². The number of carbonyl (C=O) groups is 1. The van der Waals surface area contributed by atoms with E-state index in [1.54, 1.807) is 18.6 Å². The summed E-state index contributed by atoms with van der Waals surface area (Å²) in [5, 5.41) is 3.11. The molecule has 160 valence electrons. The molecule has 0 radical (unpaired) electrons. The lowest BCUT2D eigenvalue weighted by molar-refractivity contribution is -0.128. The Balaban J connectivity index is 1.41. The van der Waals surface area contributed by atoms with Crippen LogP contribution in [0.5, 0.6) is 0 Å². The SMILES string of the molecule is CC1(C)Cc2nc(-c3cnccn3)ncc2C(NC(=O)COCC2CCCCO2)C1. The third kappa shape index (κ3) is 5.17.